The zero-order valence-corrected chi connectivity index (χ0v) is 16.0. The largest absolute Gasteiger partial charge is 0.481 e. The van der Waals surface area contributed by atoms with Crippen LogP contribution in [0.2, 0.25) is 0 Å². The van der Waals surface area contributed by atoms with Crippen molar-refractivity contribution in [2.24, 2.45) is 0 Å². The van der Waals surface area contributed by atoms with E-state index in [-0.39, 0.29) is 6.42 Å². The number of carboxylic acids is 1. The maximum absolute atomic E-state index is 11.6. The number of carboxylic acid groups (broad SMARTS) is 1. The molecule has 0 saturated heterocycles. The summed E-state index contributed by atoms with van der Waals surface area (Å²) in [5.74, 6) is -2.90. The first-order chi connectivity index (χ1) is 13.3. The minimum atomic E-state index is -1.21. The molecule has 2 aromatic carbocycles. The SMILES string of the molecule is CCCC(=O)NC(CC(=O)O)C(=O)COC(C)=O.c1ccc2ccccc2c1. The van der Waals surface area contributed by atoms with Crippen LogP contribution in [-0.2, 0) is 23.9 Å². The number of ketones is 1. The van der Waals surface area contributed by atoms with E-state index in [2.05, 4.69) is 58.6 Å². The van der Waals surface area contributed by atoms with Gasteiger partial charge < -0.3 is 15.2 Å². The molecule has 0 heterocycles. The Labute approximate surface area is 163 Å². The van der Waals surface area contributed by atoms with Gasteiger partial charge in [0, 0.05) is 13.3 Å². The lowest BCUT2D eigenvalue weighted by molar-refractivity contribution is -0.147. The summed E-state index contributed by atoms with van der Waals surface area (Å²) in [5.41, 5.74) is 0. The zero-order chi connectivity index (χ0) is 20.9. The Morgan fingerprint density at radius 3 is 1.89 bits per heavy atom. The Morgan fingerprint density at radius 2 is 1.50 bits per heavy atom. The van der Waals surface area contributed by atoms with Crippen molar-refractivity contribution < 1.29 is 29.0 Å². The second-order valence-corrected chi connectivity index (χ2v) is 6.06. The molecule has 1 atom stereocenters. The molecule has 0 aliphatic rings. The number of fused-ring (bicyclic) bond motifs is 1. The Balaban J connectivity index is 0.000000324. The topological polar surface area (TPSA) is 110 Å². The van der Waals surface area contributed by atoms with Crippen molar-refractivity contribution in [3.8, 4) is 0 Å². The fourth-order valence-corrected chi connectivity index (χ4v) is 2.32. The number of ether oxygens (including phenoxy) is 1. The van der Waals surface area contributed by atoms with Gasteiger partial charge in [-0.1, -0.05) is 55.5 Å². The Hall–Kier alpha value is -3.22. The standard InChI is InChI=1S/C11H17NO6.C10H8/c1-3-4-10(15)12-8(5-11(16)17)9(14)6-18-7(2)13;1-2-6-10-8-4-3-7-9(10)5-1/h8H,3-6H2,1-2H3,(H,12,15)(H,16,17);1-8H. The highest BCUT2D eigenvalue weighted by molar-refractivity contribution is 5.93. The van der Waals surface area contributed by atoms with E-state index in [1.165, 1.54) is 10.8 Å². The molecular weight excluding hydrogens is 362 g/mol. The van der Waals surface area contributed by atoms with Crippen molar-refractivity contribution >= 4 is 34.4 Å². The summed E-state index contributed by atoms with van der Waals surface area (Å²) in [6.07, 6.45) is 0.260. The van der Waals surface area contributed by atoms with Crippen LogP contribution in [0.1, 0.15) is 33.1 Å². The summed E-state index contributed by atoms with van der Waals surface area (Å²) in [6, 6.07) is 15.5. The van der Waals surface area contributed by atoms with Gasteiger partial charge in [0.1, 0.15) is 6.04 Å². The lowest BCUT2D eigenvalue weighted by Crippen LogP contribution is -2.44. The predicted molar refractivity (Wildman–Crippen MR) is 105 cm³/mol. The van der Waals surface area contributed by atoms with Crippen LogP contribution in [0.25, 0.3) is 10.8 Å². The van der Waals surface area contributed by atoms with E-state index in [1.807, 2.05) is 0 Å². The minimum Gasteiger partial charge on any atom is -0.481 e. The Morgan fingerprint density at radius 1 is 1.00 bits per heavy atom. The number of rotatable bonds is 8. The van der Waals surface area contributed by atoms with Gasteiger partial charge in [0.2, 0.25) is 5.91 Å². The number of carbonyl (C=O) groups excluding carboxylic acids is 3. The predicted octanol–water partition coefficient (Wildman–Crippen LogP) is 2.72. The molecule has 1 unspecified atom stereocenters. The van der Waals surface area contributed by atoms with E-state index in [9.17, 15) is 19.2 Å². The summed E-state index contributed by atoms with van der Waals surface area (Å²) in [4.78, 5) is 44.0. The number of carbonyl (C=O) groups is 4. The third-order valence-electron chi connectivity index (χ3n) is 3.66. The molecule has 0 aromatic heterocycles. The van der Waals surface area contributed by atoms with E-state index < -0.39 is 42.7 Å². The van der Waals surface area contributed by atoms with Gasteiger partial charge in [-0.2, -0.15) is 0 Å². The maximum Gasteiger partial charge on any atom is 0.305 e. The van der Waals surface area contributed by atoms with Crippen molar-refractivity contribution in [1.82, 2.24) is 5.32 Å². The van der Waals surface area contributed by atoms with E-state index in [0.717, 1.165) is 6.92 Å². The number of Topliss-reactive ketones (excluding diaryl/α,β-unsaturated/α-hetero) is 1. The molecule has 0 aliphatic heterocycles. The monoisotopic (exact) mass is 387 g/mol. The molecule has 2 rings (SSSR count). The first kappa shape index (κ1) is 22.8. The van der Waals surface area contributed by atoms with Gasteiger partial charge >= 0.3 is 11.9 Å². The van der Waals surface area contributed by atoms with E-state index in [1.54, 1.807) is 6.92 Å². The number of benzene rings is 2. The highest BCUT2D eigenvalue weighted by atomic mass is 16.5. The number of hydrogen-bond acceptors (Lipinski definition) is 5. The van der Waals surface area contributed by atoms with Crippen LogP contribution in [0.15, 0.2) is 48.5 Å². The summed E-state index contributed by atoms with van der Waals surface area (Å²) in [6.45, 7) is 2.38. The van der Waals surface area contributed by atoms with Crippen LogP contribution in [-0.4, -0.2) is 41.4 Å². The van der Waals surface area contributed by atoms with Gasteiger partial charge in [0.15, 0.2) is 12.4 Å². The normalized spacial score (nSPS) is 10.9. The van der Waals surface area contributed by atoms with E-state index >= 15 is 0 Å². The fourth-order valence-electron chi connectivity index (χ4n) is 2.32. The first-order valence-electron chi connectivity index (χ1n) is 8.94. The van der Waals surface area contributed by atoms with Crippen LogP contribution in [0.4, 0.5) is 0 Å². The van der Waals surface area contributed by atoms with Gasteiger partial charge in [-0.25, -0.2) is 0 Å². The van der Waals surface area contributed by atoms with Crippen LogP contribution in [0.5, 0.6) is 0 Å². The molecule has 0 radical (unpaired) electrons. The molecule has 2 aromatic rings. The van der Waals surface area contributed by atoms with Gasteiger partial charge in [0.25, 0.3) is 0 Å². The fraction of sp³-hybridized carbons (Fsp3) is 0.333. The van der Waals surface area contributed by atoms with Crippen molar-refractivity contribution in [2.75, 3.05) is 6.61 Å². The summed E-state index contributed by atoms with van der Waals surface area (Å²) >= 11 is 0. The second-order valence-electron chi connectivity index (χ2n) is 6.06. The number of aliphatic carboxylic acids is 1. The molecule has 2 N–H and O–H groups in total. The van der Waals surface area contributed by atoms with Crippen LogP contribution >= 0.6 is 0 Å². The van der Waals surface area contributed by atoms with Gasteiger partial charge in [-0.15, -0.1) is 0 Å². The van der Waals surface area contributed by atoms with Gasteiger partial charge in [-0.3, -0.25) is 19.2 Å². The molecule has 0 spiro atoms. The van der Waals surface area contributed by atoms with Crippen molar-refractivity contribution in [3.05, 3.63) is 48.5 Å². The number of nitrogens with one attached hydrogen (secondary N) is 1. The van der Waals surface area contributed by atoms with Gasteiger partial charge in [0.05, 0.1) is 6.42 Å². The lowest BCUT2D eigenvalue weighted by atomic mass is 10.1. The molecule has 0 fully saturated rings. The Kier molecular flexibility index (Phi) is 9.96. The third-order valence-corrected chi connectivity index (χ3v) is 3.66. The maximum atomic E-state index is 11.6. The number of esters is 1. The summed E-state index contributed by atoms with van der Waals surface area (Å²) in [5, 5.41) is 13.6. The second kappa shape index (κ2) is 12.2. The lowest BCUT2D eigenvalue weighted by Gasteiger charge is -2.15. The molecular formula is C21H25NO6. The van der Waals surface area contributed by atoms with Crippen molar-refractivity contribution in [2.45, 2.75) is 39.2 Å². The van der Waals surface area contributed by atoms with E-state index in [4.69, 9.17) is 5.11 Å². The van der Waals surface area contributed by atoms with Crippen molar-refractivity contribution in [3.63, 3.8) is 0 Å². The highest BCUT2D eigenvalue weighted by Gasteiger charge is 2.23. The smallest absolute Gasteiger partial charge is 0.305 e. The quantitative estimate of drug-likeness (QED) is 0.674. The van der Waals surface area contributed by atoms with Gasteiger partial charge in [-0.05, 0) is 17.2 Å². The number of amides is 1. The molecule has 150 valence electrons. The first-order valence-corrected chi connectivity index (χ1v) is 8.94. The molecule has 1 amide bonds. The van der Waals surface area contributed by atoms with Crippen LogP contribution in [0, 0.1) is 0 Å². The molecule has 7 nitrogen and oxygen atoms in total. The summed E-state index contributed by atoms with van der Waals surface area (Å²) in [7, 11) is 0. The highest BCUT2D eigenvalue weighted by Crippen LogP contribution is 2.11. The Bertz CT molecular complexity index is 752. The average Bonchev–Trinajstić information content (AvgIpc) is 2.66. The van der Waals surface area contributed by atoms with Crippen LogP contribution < -0.4 is 5.32 Å². The molecule has 0 bridgehead atoms. The average molecular weight is 387 g/mol. The molecule has 7 heteroatoms. The zero-order valence-electron chi connectivity index (χ0n) is 16.0. The summed E-state index contributed by atoms with van der Waals surface area (Å²) < 4.78 is 4.48. The molecule has 0 saturated carbocycles. The van der Waals surface area contributed by atoms with E-state index in [0.29, 0.717) is 6.42 Å². The molecule has 0 aliphatic carbocycles. The molecule has 28 heavy (non-hydrogen) atoms. The third kappa shape index (κ3) is 8.93. The number of hydrogen-bond donors (Lipinski definition) is 2. The minimum absolute atomic E-state index is 0.205. The van der Waals surface area contributed by atoms with Crippen LogP contribution in [0.3, 0.4) is 0 Å². The van der Waals surface area contributed by atoms with Crippen molar-refractivity contribution in [1.29, 1.82) is 0 Å².